The van der Waals surface area contributed by atoms with Gasteiger partial charge in [0.15, 0.2) is 11.6 Å². The van der Waals surface area contributed by atoms with E-state index in [9.17, 15) is 9.59 Å². The zero-order valence-electron chi connectivity index (χ0n) is 18.6. The number of fused-ring (bicyclic) bond motifs is 2. The van der Waals surface area contributed by atoms with Gasteiger partial charge in [0.05, 0.1) is 27.0 Å². The highest BCUT2D eigenvalue weighted by molar-refractivity contribution is 7.20. The number of hydrogen-bond acceptors (Lipinski definition) is 5. The smallest absolute Gasteiger partial charge is 0.266 e. The van der Waals surface area contributed by atoms with E-state index in [1.807, 2.05) is 72.8 Å². The number of nitrogens with one attached hydrogen (secondary N) is 1. The van der Waals surface area contributed by atoms with Crippen molar-refractivity contribution in [2.24, 2.45) is 0 Å². The van der Waals surface area contributed by atoms with Crippen LogP contribution in [-0.2, 0) is 6.42 Å². The van der Waals surface area contributed by atoms with E-state index in [2.05, 4.69) is 5.32 Å². The first-order chi connectivity index (χ1) is 17.1. The van der Waals surface area contributed by atoms with E-state index in [1.165, 1.54) is 11.3 Å². The maximum atomic E-state index is 13.7. The van der Waals surface area contributed by atoms with Gasteiger partial charge in [0.25, 0.3) is 5.56 Å². The minimum absolute atomic E-state index is 0.111. The predicted octanol–water partition coefficient (Wildman–Crippen LogP) is 7.03. The van der Waals surface area contributed by atoms with Crippen LogP contribution < -0.4 is 10.9 Å². The van der Waals surface area contributed by atoms with Gasteiger partial charge in [-0.3, -0.25) is 14.2 Å². The molecule has 0 saturated heterocycles. The molecular formula is C28H20ClN3O2S. The first-order valence-electron chi connectivity index (χ1n) is 11.4. The van der Waals surface area contributed by atoms with E-state index in [0.29, 0.717) is 33.7 Å². The number of anilines is 2. The van der Waals surface area contributed by atoms with E-state index in [1.54, 1.807) is 10.6 Å². The standard InChI is InChI=1S/C28H20ClN3O2S/c29-17-13-15-18(16-14-17)30-27-24-21(10-6-12-23(24)33)25(35-27)26-31-22-11-5-4-9-20(22)28(34)32(26)19-7-2-1-3-8-19/h1-5,7-9,11,13-16,30H,6,10,12H2. The molecule has 0 radical (unpaired) electrons. The molecule has 0 fully saturated rings. The van der Waals surface area contributed by atoms with Crippen LogP contribution in [0.3, 0.4) is 0 Å². The Balaban J connectivity index is 1.62. The van der Waals surface area contributed by atoms with Crippen LogP contribution in [0.2, 0.25) is 5.02 Å². The van der Waals surface area contributed by atoms with Crippen LogP contribution in [0.1, 0.15) is 28.8 Å². The van der Waals surface area contributed by atoms with Gasteiger partial charge in [-0.1, -0.05) is 41.9 Å². The zero-order chi connectivity index (χ0) is 23.9. The second-order valence-corrected chi connectivity index (χ2v) is 9.91. The van der Waals surface area contributed by atoms with Gasteiger partial charge in [-0.05, 0) is 66.9 Å². The molecule has 0 amide bonds. The van der Waals surface area contributed by atoms with Gasteiger partial charge in [0.2, 0.25) is 0 Å². The summed E-state index contributed by atoms with van der Waals surface area (Å²) in [7, 11) is 0. The molecule has 1 N–H and O–H groups in total. The van der Waals surface area contributed by atoms with Crippen molar-refractivity contribution in [2.75, 3.05) is 5.32 Å². The summed E-state index contributed by atoms with van der Waals surface area (Å²) in [4.78, 5) is 32.6. The van der Waals surface area contributed by atoms with Crippen molar-refractivity contribution in [3.05, 3.63) is 105 Å². The Morgan fingerprint density at radius 2 is 1.63 bits per heavy atom. The number of benzene rings is 3. The third-order valence-corrected chi connectivity index (χ3v) is 7.61. The molecule has 2 heterocycles. The zero-order valence-corrected chi connectivity index (χ0v) is 20.2. The third kappa shape index (κ3) is 3.85. The quantitative estimate of drug-likeness (QED) is 0.289. The molecule has 172 valence electrons. The topological polar surface area (TPSA) is 64.0 Å². The lowest BCUT2D eigenvalue weighted by molar-refractivity contribution is 0.0974. The lowest BCUT2D eigenvalue weighted by Gasteiger charge is -2.16. The number of carbonyl (C=O) groups excluding carboxylic acids is 1. The number of halogens is 1. The lowest BCUT2D eigenvalue weighted by atomic mass is 9.91. The maximum absolute atomic E-state index is 13.7. The second-order valence-electron chi connectivity index (χ2n) is 8.45. The predicted molar refractivity (Wildman–Crippen MR) is 143 cm³/mol. The van der Waals surface area contributed by atoms with E-state index < -0.39 is 0 Å². The number of thiophene rings is 1. The van der Waals surface area contributed by atoms with Crippen molar-refractivity contribution in [1.82, 2.24) is 9.55 Å². The second kappa shape index (κ2) is 8.80. The molecule has 2 aromatic heterocycles. The van der Waals surface area contributed by atoms with E-state index in [0.717, 1.165) is 39.7 Å². The van der Waals surface area contributed by atoms with Crippen molar-refractivity contribution in [2.45, 2.75) is 19.3 Å². The molecule has 0 spiro atoms. The number of aromatic nitrogens is 2. The molecule has 0 aliphatic heterocycles. The van der Waals surface area contributed by atoms with Crippen LogP contribution in [0.5, 0.6) is 0 Å². The van der Waals surface area contributed by atoms with Crippen molar-refractivity contribution in [1.29, 1.82) is 0 Å². The number of Topliss-reactive ketones (excluding diaryl/α,β-unsaturated/α-hetero) is 1. The van der Waals surface area contributed by atoms with Crippen LogP contribution >= 0.6 is 22.9 Å². The van der Waals surface area contributed by atoms with E-state index in [4.69, 9.17) is 16.6 Å². The monoisotopic (exact) mass is 497 g/mol. The molecule has 5 nitrogen and oxygen atoms in total. The molecule has 0 unspecified atom stereocenters. The summed E-state index contributed by atoms with van der Waals surface area (Å²) in [6.07, 6.45) is 2.04. The molecule has 1 aliphatic carbocycles. The Kier molecular flexibility index (Phi) is 5.47. The van der Waals surface area contributed by atoms with Gasteiger partial charge in [0.1, 0.15) is 5.00 Å². The fraction of sp³-hybridized carbons (Fsp3) is 0.107. The van der Waals surface area contributed by atoms with Gasteiger partial charge in [-0.2, -0.15) is 0 Å². The average Bonchev–Trinajstić information content (AvgIpc) is 3.25. The summed E-state index contributed by atoms with van der Waals surface area (Å²) < 4.78 is 1.67. The molecule has 3 aromatic carbocycles. The Morgan fingerprint density at radius 3 is 2.43 bits per heavy atom. The normalized spacial score (nSPS) is 13.1. The molecular weight excluding hydrogens is 478 g/mol. The van der Waals surface area contributed by atoms with Gasteiger partial charge in [-0.15, -0.1) is 11.3 Å². The fourth-order valence-corrected chi connectivity index (χ4v) is 5.98. The molecule has 0 atom stereocenters. The van der Waals surface area contributed by atoms with Crippen LogP contribution in [-0.4, -0.2) is 15.3 Å². The number of hydrogen-bond donors (Lipinski definition) is 1. The van der Waals surface area contributed by atoms with Crippen LogP contribution in [0.4, 0.5) is 10.7 Å². The Hall–Kier alpha value is -3.74. The summed E-state index contributed by atoms with van der Waals surface area (Å²) in [6, 6.07) is 24.3. The summed E-state index contributed by atoms with van der Waals surface area (Å²) in [6.45, 7) is 0. The summed E-state index contributed by atoms with van der Waals surface area (Å²) in [5, 5.41) is 5.39. The van der Waals surface area contributed by atoms with Gasteiger partial charge in [-0.25, -0.2) is 4.98 Å². The highest BCUT2D eigenvalue weighted by Gasteiger charge is 2.30. The summed E-state index contributed by atoms with van der Waals surface area (Å²) in [5.74, 6) is 0.666. The molecule has 0 saturated carbocycles. The number of ketones is 1. The van der Waals surface area contributed by atoms with Crippen molar-refractivity contribution in [3.63, 3.8) is 0 Å². The Labute approximate surface area is 210 Å². The molecule has 7 heteroatoms. The summed E-state index contributed by atoms with van der Waals surface area (Å²) >= 11 is 7.53. The average molecular weight is 498 g/mol. The molecule has 5 aromatic rings. The molecule has 0 bridgehead atoms. The minimum atomic E-state index is -0.131. The van der Waals surface area contributed by atoms with Crippen molar-refractivity contribution >= 4 is 50.3 Å². The Bertz CT molecular complexity index is 1640. The first kappa shape index (κ1) is 21.8. The summed E-state index contributed by atoms with van der Waals surface area (Å²) in [5.41, 5.74) is 3.74. The van der Waals surface area contributed by atoms with E-state index >= 15 is 0 Å². The van der Waals surface area contributed by atoms with Gasteiger partial charge in [0, 0.05) is 17.1 Å². The molecule has 35 heavy (non-hydrogen) atoms. The maximum Gasteiger partial charge on any atom is 0.266 e. The van der Waals surface area contributed by atoms with E-state index in [-0.39, 0.29) is 11.3 Å². The SMILES string of the molecule is O=C1CCCc2c(-c3nc4ccccc4c(=O)n3-c3ccccc3)sc(Nc3ccc(Cl)cc3)c21. The van der Waals surface area contributed by atoms with Crippen LogP contribution in [0.25, 0.3) is 27.3 Å². The van der Waals surface area contributed by atoms with Crippen LogP contribution in [0, 0.1) is 0 Å². The van der Waals surface area contributed by atoms with Gasteiger partial charge >= 0.3 is 0 Å². The highest BCUT2D eigenvalue weighted by Crippen LogP contribution is 2.44. The van der Waals surface area contributed by atoms with Crippen LogP contribution in [0.15, 0.2) is 83.7 Å². The highest BCUT2D eigenvalue weighted by atomic mass is 35.5. The minimum Gasteiger partial charge on any atom is -0.347 e. The fourth-order valence-electron chi connectivity index (χ4n) is 4.58. The van der Waals surface area contributed by atoms with Gasteiger partial charge < -0.3 is 5.32 Å². The third-order valence-electron chi connectivity index (χ3n) is 6.21. The largest absolute Gasteiger partial charge is 0.347 e. The number of nitrogens with zero attached hydrogens (tertiary/aromatic N) is 2. The Morgan fingerprint density at radius 1 is 0.886 bits per heavy atom. The van der Waals surface area contributed by atoms with Crippen molar-refractivity contribution in [3.8, 4) is 16.4 Å². The number of rotatable bonds is 4. The van der Waals surface area contributed by atoms with Crippen molar-refractivity contribution < 1.29 is 4.79 Å². The molecule has 1 aliphatic rings. The number of carbonyl (C=O) groups is 1. The first-order valence-corrected chi connectivity index (χ1v) is 12.6. The lowest BCUT2D eigenvalue weighted by Crippen LogP contribution is -2.22. The number of para-hydroxylation sites is 2. The molecule has 6 rings (SSSR count).